The van der Waals surface area contributed by atoms with Gasteiger partial charge in [-0.25, -0.2) is 9.59 Å². The van der Waals surface area contributed by atoms with Gasteiger partial charge in [-0.2, -0.15) is 39.5 Å². The van der Waals surface area contributed by atoms with Gasteiger partial charge >= 0.3 is 30.7 Å². The van der Waals surface area contributed by atoms with E-state index in [4.69, 9.17) is 14.6 Å². The second kappa shape index (κ2) is 28.2. The van der Waals surface area contributed by atoms with Gasteiger partial charge in [-0.05, 0) is 41.5 Å². The Balaban J connectivity index is -0.000000659. The average molecular weight is 943 g/mol. The molecule has 0 aromatic heterocycles. The summed E-state index contributed by atoms with van der Waals surface area (Å²) in [4.78, 5) is 30.1. The molecule has 3 N–H and O–H groups in total. The van der Waals surface area contributed by atoms with Crippen LogP contribution in [-0.2, 0) is 9.47 Å². The molecule has 3 heterocycles. The van der Waals surface area contributed by atoms with E-state index in [-0.39, 0.29) is 41.6 Å². The summed E-state index contributed by atoms with van der Waals surface area (Å²) in [6, 6.07) is 0. The molecule has 0 spiro atoms. The Bertz CT molecular complexity index is 969. The summed E-state index contributed by atoms with van der Waals surface area (Å²) in [7, 11) is 1.00. The van der Waals surface area contributed by atoms with Crippen LogP contribution >= 0.6 is 35.0 Å². The summed E-state index contributed by atoms with van der Waals surface area (Å²) in [6.45, 7) is 19.1. The van der Waals surface area contributed by atoms with Gasteiger partial charge in [-0.3, -0.25) is 4.90 Å². The molecule has 3 aliphatic rings. The number of ether oxygens (including phenoxy) is 2. The van der Waals surface area contributed by atoms with Crippen molar-refractivity contribution in [3.63, 3.8) is 0 Å². The van der Waals surface area contributed by atoms with Crippen LogP contribution in [0.5, 0.6) is 0 Å². The molecule has 0 aliphatic carbocycles. The number of carbonyl (C=O) groups excluding carboxylic acids is 2. The average Bonchev–Trinajstić information content (AvgIpc) is 3.03. The lowest BCUT2D eigenvalue weighted by molar-refractivity contribution is -0.139. The molecule has 3 fully saturated rings. The van der Waals surface area contributed by atoms with E-state index in [1.54, 1.807) is 53.2 Å². The first-order valence-corrected chi connectivity index (χ1v) is 18.8. The highest BCUT2D eigenvalue weighted by atomic mass is 127. The van der Waals surface area contributed by atoms with Crippen molar-refractivity contribution in [1.82, 2.24) is 30.2 Å². The van der Waals surface area contributed by atoms with Crippen LogP contribution in [-0.4, -0.2) is 170 Å². The molecule has 0 aromatic rings. The Labute approximate surface area is 333 Å². The van der Waals surface area contributed by atoms with Gasteiger partial charge in [-0.15, -0.1) is 12.4 Å². The summed E-state index contributed by atoms with van der Waals surface area (Å²) < 4.78 is 115. The number of carbonyl (C=O) groups is 2. The second-order valence-corrected chi connectivity index (χ2v) is 15.0. The molecular weight excluding hydrogens is 882 g/mol. The van der Waals surface area contributed by atoms with Crippen molar-refractivity contribution >= 4 is 47.2 Å². The number of aliphatic hydroxyl groups excluding tert-OH is 1. The van der Waals surface area contributed by atoms with Crippen LogP contribution in [0.2, 0.25) is 0 Å². The molecule has 54 heavy (non-hydrogen) atoms. The summed E-state index contributed by atoms with van der Waals surface area (Å²) in [6.07, 6.45) is -14.9. The monoisotopic (exact) mass is 942 g/mol. The molecule has 0 aromatic carbocycles. The van der Waals surface area contributed by atoms with Crippen LogP contribution in [0.3, 0.4) is 0 Å². The number of rotatable bonds is 5. The van der Waals surface area contributed by atoms with Crippen LogP contribution in [0.15, 0.2) is 0 Å². The van der Waals surface area contributed by atoms with Gasteiger partial charge in [0.1, 0.15) is 11.2 Å². The summed E-state index contributed by atoms with van der Waals surface area (Å²) >= 11 is 1.69. The van der Waals surface area contributed by atoms with E-state index in [1.807, 2.05) is 25.7 Å². The normalized spacial score (nSPS) is 17.4. The molecule has 22 heteroatoms. The fraction of sp³-hybridized carbons (Fsp3) is 0.938. The molecule has 0 radical (unpaired) electrons. The molecule has 0 bridgehead atoms. The van der Waals surface area contributed by atoms with Crippen molar-refractivity contribution in [3.05, 3.63) is 0 Å². The molecule has 3 rings (SSSR count). The standard InChI is InChI=1S/C12H21F3N2O2.C9H18N2O2.C7H13F3N2.C3H4F3I.CH4O.ClH/c1-11(2,3)19-10(18)17-8-6-16(7-9-17)5-4-12(13,14)15;1-9(2,3)13-8(12)11-6-4-10-5-7-11;8-7(9,10)1-4-12-5-2-11-3-6-12;4-3(5,6)1-2-7;1-2;/h4-9H2,1-3H3;10H,4-7H2,1-3H3;11H,1-6H2;1-2H2;2H,1H3;1H. The first kappa shape index (κ1) is 57.1. The lowest BCUT2D eigenvalue weighted by atomic mass is 10.2. The lowest BCUT2D eigenvalue weighted by Crippen LogP contribution is -2.50. The number of amides is 2. The van der Waals surface area contributed by atoms with Gasteiger partial charge in [-0.1, -0.05) is 22.6 Å². The molecule has 3 aliphatic heterocycles. The fourth-order valence-corrected chi connectivity index (χ4v) is 4.88. The van der Waals surface area contributed by atoms with Crippen LogP contribution in [0.1, 0.15) is 60.8 Å². The minimum absolute atomic E-state index is 0. The molecule has 3 saturated heterocycles. The highest BCUT2D eigenvalue weighted by Gasteiger charge is 2.31. The third-order valence-electron chi connectivity index (χ3n) is 6.80. The number of hydrogen-bond donors (Lipinski definition) is 3. The summed E-state index contributed by atoms with van der Waals surface area (Å²) in [5.74, 6) is 0. The Morgan fingerprint density at radius 1 is 0.556 bits per heavy atom. The van der Waals surface area contributed by atoms with E-state index in [0.717, 1.165) is 59.5 Å². The topological polar surface area (TPSA) is 110 Å². The van der Waals surface area contributed by atoms with E-state index in [1.165, 1.54) is 4.90 Å². The highest BCUT2D eigenvalue weighted by molar-refractivity contribution is 14.1. The Kier molecular flexibility index (Phi) is 29.8. The quantitative estimate of drug-likeness (QED) is 0.161. The first-order valence-electron chi connectivity index (χ1n) is 17.2. The number of alkyl halides is 10. The Hall–Kier alpha value is -1.27. The minimum Gasteiger partial charge on any atom is -0.444 e. The number of hydrogen-bond acceptors (Lipinski definition) is 9. The number of piperazine rings is 3. The fourth-order valence-electron chi connectivity index (χ4n) is 4.27. The van der Waals surface area contributed by atoms with Gasteiger partial charge in [0.05, 0.1) is 19.3 Å². The molecule has 0 unspecified atom stereocenters. The van der Waals surface area contributed by atoms with E-state index < -0.39 is 49.5 Å². The molecule has 0 saturated carbocycles. The van der Waals surface area contributed by atoms with Crippen LogP contribution in [0.4, 0.5) is 49.1 Å². The van der Waals surface area contributed by atoms with Crippen molar-refractivity contribution in [2.75, 3.05) is 103 Å². The first-order chi connectivity index (χ1) is 24.2. The number of halogens is 11. The van der Waals surface area contributed by atoms with Crippen LogP contribution < -0.4 is 10.6 Å². The van der Waals surface area contributed by atoms with E-state index in [2.05, 4.69) is 10.6 Å². The maximum Gasteiger partial charge on any atom is 0.410 e. The summed E-state index contributed by atoms with van der Waals surface area (Å²) in [5.41, 5.74) is -0.938. The Morgan fingerprint density at radius 2 is 0.852 bits per heavy atom. The van der Waals surface area contributed by atoms with E-state index >= 15 is 0 Å². The van der Waals surface area contributed by atoms with Gasteiger partial charge in [0.25, 0.3) is 0 Å². The third kappa shape index (κ3) is 36.4. The van der Waals surface area contributed by atoms with Crippen molar-refractivity contribution in [3.8, 4) is 0 Å². The highest BCUT2D eigenvalue weighted by Crippen LogP contribution is 2.22. The maximum absolute atomic E-state index is 12.1. The van der Waals surface area contributed by atoms with E-state index in [0.29, 0.717) is 26.2 Å². The van der Waals surface area contributed by atoms with Crippen LogP contribution in [0, 0.1) is 0 Å². The van der Waals surface area contributed by atoms with Crippen molar-refractivity contribution in [1.29, 1.82) is 0 Å². The zero-order valence-electron chi connectivity index (χ0n) is 32.3. The molecule has 11 nitrogen and oxygen atoms in total. The second-order valence-electron chi connectivity index (χ2n) is 13.9. The molecule has 326 valence electrons. The van der Waals surface area contributed by atoms with Crippen LogP contribution in [0.25, 0.3) is 0 Å². The predicted molar refractivity (Wildman–Crippen MR) is 201 cm³/mol. The van der Waals surface area contributed by atoms with Gasteiger partial charge in [0.2, 0.25) is 0 Å². The SMILES string of the molecule is CC(C)(C)OC(=O)N1CCN(CCC(F)(F)F)CC1.CC(C)(C)OC(=O)N1CCNCC1.CO.Cl.FC(F)(F)CCI.FC(F)(F)CCN1CCNCC1. The Morgan fingerprint density at radius 3 is 1.13 bits per heavy atom. The predicted octanol–water partition coefficient (Wildman–Crippen LogP) is 6.57. The smallest absolute Gasteiger partial charge is 0.410 e. The van der Waals surface area contributed by atoms with Crippen molar-refractivity contribution < 1.29 is 63.7 Å². The van der Waals surface area contributed by atoms with Crippen molar-refractivity contribution in [2.24, 2.45) is 0 Å². The largest absolute Gasteiger partial charge is 0.444 e. The van der Waals surface area contributed by atoms with Gasteiger partial charge in [0.15, 0.2) is 0 Å². The zero-order chi connectivity index (χ0) is 41.5. The number of aliphatic hydroxyl groups is 1. The number of nitrogens with zero attached hydrogens (tertiary/aromatic N) is 4. The third-order valence-corrected chi connectivity index (χ3v) is 7.34. The van der Waals surface area contributed by atoms with Crippen molar-refractivity contribution in [2.45, 2.75) is 90.5 Å². The van der Waals surface area contributed by atoms with E-state index in [9.17, 15) is 49.1 Å². The van der Waals surface area contributed by atoms with Gasteiger partial charge < -0.3 is 39.9 Å². The molecule has 0 atom stereocenters. The van der Waals surface area contributed by atoms with Gasteiger partial charge in [0, 0.05) is 103 Å². The molecular formula is C32H61ClF9IN6O5. The molecule has 2 amide bonds. The summed E-state index contributed by atoms with van der Waals surface area (Å²) in [5, 5.41) is 13.3. The minimum atomic E-state index is -4.12. The lowest BCUT2D eigenvalue weighted by Gasteiger charge is -2.35. The zero-order valence-corrected chi connectivity index (χ0v) is 35.3. The maximum atomic E-state index is 12.1. The number of nitrogens with one attached hydrogen (secondary N) is 2.